The highest BCUT2D eigenvalue weighted by molar-refractivity contribution is 5.70. The number of carboxylic acid groups (broad SMARTS) is 1. The summed E-state index contributed by atoms with van der Waals surface area (Å²) in [4.78, 5) is 11.0. The maximum absolute atomic E-state index is 11.0. The molecule has 0 heterocycles. The fourth-order valence-corrected chi connectivity index (χ4v) is 1.68. The normalized spacial score (nSPS) is 14.2. The molecule has 0 saturated carbocycles. The molecule has 88 valence electrons. The fourth-order valence-electron chi connectivity index (χ4n) is 1.68. The van der Waals surface area contributed by atoms with Crippen molar-refractivity contribution in [3.63, 3.8) is 0 Å². The Balaban J connectivity index is 2.98. The Labute approximate surface area is 95.2 Å². The molecule has 0 amide bonds. The van der Waals surface area contributed by atoms with Gasteiger partial charge in [-0.05, 0) is 24.7 Å². The minimum Gasteiger partial charge on any atom is -0.497 e. The fraction of sp³-hybridized carbons (Fsp3) is 0.417. The third-order valence-corrected chi connectivity index (χ3v) is 2.65. The van der Waals surface area contributed by atoms with Crippen molar-refractivity contribution in [2.45, 2.75) is 13.0 Å². The summed E-state index contributed by atoms with van der Waals surface area (Å²) in [6.07, 6.45) is 0. The number of hydrogen-bond acceptors (Lipinski definition) is 3. The van der Waals surface area contributed by atoms with E-state index in [-0.39, 0.29) is 6.04 Å². The molecule has 2 N–H and O–H groups in total. The Kier molecular flexibility index (Phi) is 4.31. The van der Waals surface area contributed by atoms with Gasteiger partial charge < -0.3 is 15.2 Å². The van der Waals surface area contributed by atoms with Crippen molar-refractivity contribution in [2.75, 3.05) is 14.2 Å². The molecule has 0 aliphatic heterocycles. The van der Waals surface area contributed by atoms with Crippen LogP contribution < -0.4 is 10.1 Å². The summed E-state index contributed by atoms with van der Waals surface area (Å²) in [5.41, 5.74) is 0.914. The summed E-state index contributed by atoms with van der Waals surface area (Å²) in [5.74, 6) is -0.574. The zero-order valence-corrected chi connectivity index (χ0v) is 9.73. The van der Waals surface area contributed by atoms with Crippen LogP contribution in [0.2, 0.25) is 0 Å². The predicted molar refractivity (Wildman–Crippen MR) is 61.6 cm³/mol. The summed E-state index contributed by atoms with van der Waals surface area (Å²) < 4.78 is 5.11. The second-order valence-corrected chi connectivity index (χ2v) is 3.67. The quantitative estimate of drug-likeness (QED) is 0.797. The minimum absolute atomic E-state index is 0.215. The first-order valence-corrected chi connectivity index (χ1v) is 5.14. The molecule has 1 aromatic carbocycles. The summed E-state index contributed by atoms with van der Waals surface area (Å²) in [5, 5.41) is 12.0. The number of aliphatic carboxylic acids is 1. The molecule has 1 rings (SSSR count). The number of carbonyl (C=O) groups is 1. The van der Waals surface area contributed by atoms with E-state index in [1.165, 1.54) is 0 Å². The van der Waals surface area contributed by atoms with Crippen molar-refractivity contribution in [1.29, 1.82) is 0 Å². The molecule has 0 radical (unpaired) electrons. The van der Waals surface area contributed by atoms with Crippen molar-refractivity contribution in [3.05, 3.63) is 29.8 Å². The third-order valence-electron chi connectivity index (χ3n) is 2.65. The summed E-state index contributed by atoms with van der Waals surface area (Å²) in [7, 11) is 3.34. The van der Waals surface area contributed by atoms with Gasteiger partial charge in [-0.3, -0.25) is 4.79 Å². The van der Waals surface area contributed by atoms with Crippen LogP contribution in [0.25, 0.3) is 0 Å². The van der Waals surface area contributed by atoms with E-state index in [9.17, 15) is 4.79 Å². The van der Waals surface area contributed by atoms with Crippen molar-refractivity contribution in [1.82, 2.24) is 5.32 Å². The number of hydrogen-bond donors (Lipinski definition) is 2. The maximum Gasteiger partial charge on any atom is 0.308 e. The lowest BCUT2D eigenvalue weighted by Crippen LogP contribution is -2.28. The number of ether oxygens (including phenoxy) is 1. The van der Waals surface area contributed by atoms with Gasteiger partial charge in [0, 0.05) is 6.04 Å². The topological polar surface area (TPSA) is 58.6 Å². The SMILES string of the molecule is CNC(c1cccc(OC)c1)C(C)C(=O)O. The zero-order chi connectivity index (χ0) is 12.1. The Hall–Kier alpha value is -1.55. The van der Waals surface area contributed by atoms with E-state index in [4.69, 9.17) is 9.84 Å². The van der Waals surface area contributed by atoms with Crippen LogP contribution in [0.3, 0.4) is 0 Å². The number of carboxylic acids is 1. The molecule has 0 aliphatic rings. The van der Waals surface area contributed by atoms with Crippen LogP contribution in [-0.4, -0.2) is 25.2 Å². The van der Waals surface area contributed by atoms with Crippen LogP contribution in [0.15, 0.2) is 24.3 Å². The van der Waals surface area contributed by atoms with Gasteiger partial charge in [-0.25, -0.2) is 0 Å². The number of nitrogens with one attached hydrogen (secondary N) is 1. The molecule has 16 heavy (non-hydrogen) atoms. The zero-order valence-electron chi connectivity index (χ0n) is 9.73. The molecule has 0 fully saturated rings. The summed E-state index contributed by atoms with van der Waals surface area (Å²) in [6.45, 7) is 1.68. The van der Waals surface area contributed by atoms with Gasteiger partial charge in [-0.15, -0.1) is 0 Å². The maximum atomic E-state index is 11.0. The van der Waals surface area contributed by atoms with Gasteiger partial charge in [0.05, 0.1) is 13.0 Å². The van der Waals surface area contributed by atoms with Crippen LogP contribution in [0.5, 0.6) is 5.75 Å². The largest absolute Gasteiger partial charge is 0.497 e. The molecule has 4 heteroatoms. The molecule has 0 saturated heterocycles. The summed E-state index contributed by atoms with van der Waals surface area (Å²) >= 11 is 0. The summed E-state index contributed by atoms with van der Waals surface area (Å²) in [6, 6.07) is 7.21. The molecule has 2 unspecified atom stereocenters. The van der Waals surface area contributed by atoms with Gasteiger partial charge in [0.2, 0.25) is 0 Å². The second kappa shape index (κ2) is 5.51. The average molecular weight is 223 g/mol. The lowest BCUT2D eigenvalue weighted by atomic mass is 9.94. The van der Waals surface area contributed by atoms with Crippen LogP contribution in [0, 0.1) is 5.92 Å². The van der Waals surface area contributed by atoms with Crippen molar-refractivity contribution >= 4 is 5.97 Å². The number of methoxy groups -OCH3 is 1. The van der Waals surface area contributed by atoms with E-state index >= 15 is 0 Å². The minimum atomic E-state index is -0.817. The molecule has 4 nitrogen and oxygen atoms in total. The Morgan fingerprint density at radius 1 is 1.50 bits per heavy atom. The molecular weight excluding hydrogens is 206 g/mol. The van der Waals surface area contributed by atoms with Crippen molar-refractivity contribution in [3.8, 4) is 5.75 Å². The van der Waals surface area contributed by atoms with E-state index in [2.05, 4.69) is 5.32 Å². The van der Waals surface area contributed by atoms with E-state index in [1.807, 2.05) is 24.3 Å². The van der Waals surface area contributed by atoms with Crippen LogP contribution in [0.4, 0.5) is 0 Å². The second-order valence-electron chi connectivity index (χ2n) is 3.67. The van der Waals surface area contributed by atoms with Gasteiger partial charge in [0.15, 0.2) is 0 Å². The molecule has 1 aromatic rings. The van der Waals surface area contributed by atoms with Crippen LogP contribution in [-0.2, 0) is 4.79 Å². The highest BCUT2D eigenvalue weighted by atomic mass is 16.5. The first-order chi connectivity index (χ1) is 7.60. The molecular formula is C12H17NO3. The van der Waals surface area contributed by atoms with Crippen LogP contribution in [0.1, 0.15) is 18.5 Å². The predicted octanol–water partition coefficient (Wildman–Crippen LogP) is 1.68. The molecule has 0 aliphatic carbocycles. The average Bonchev–Trinajstić information content (AvgIpc) is 2.30. The third kappa shape index (κ3) is 2.73. The van der Waals surface area contributed by atoms with E-state index in [0.717, 1.165) is 11.3 Å². The highest BCUT2D eigenvalue weighted by Crippen LogP contribution is 2.24. The number of rotatable bonds is 5. The van der Waals surface area contributed by atoms with Crippen molar-refractivity contribution < 1.29 is 14.6 Å². The van der Waals surface area contributed by atoms with E-state index in [1.54, 1.807) is 21.1 Å². The van der Waals surface area contributed by atoms with Crippen molar-refractivity contribution in [2.24, 2.45) is 5.92 Å². The molecule has 0 aromatic heterocycles. The Bertz CT molecular complexity index is 365. The highest BCUT2D eigenvalue weighted by Gasteiger charge is 2.23. The Morgan fingerprint density at radius 2 is 2.19 bits per heavy atom. The van der Waals surface area contributed by atoms with Gasteiger partial charge in [-0.2, -0.15) is 0 Å². The molecule has 0 bridgehead atoms. The van der Waals surface area contributed by atoms with Crippen LogP contribution >= 0.6 is 0 Å². The first-order valence-electron chi connectivity index (χ1n) is 5.14. The lowest BCUT2D eigenvalue weighted by Gasteiger charge is -2.21. The van der Waals surface area contributed by atoms with Gasteiger partial charge in [0.25, 0.3) is 0 Å². The standard InChI is InChI=1S/C12H17NO3/c1-8(12(14)15)11(13-2)9-5-4-6-10(7-9)16-3/h4-8,11,13H,1-3H3,(H,14,15). The molecule has 0 spiro atoms. The smallest absolute Gasteiger partial charge is 0.308 e. The monoisotopic (exact) mass is 223 g/mol. The first kappa shape index (κ1) is 12.5. The van der Waals surface area contributed by atoms with E-state index in [0.29, 0.717) is 0 Å². The molecule has 2 atom stereocenters. The lowest BCUT2D eigenvalue weighted by molar-refractivity contribution is -0.142. The van der Waals surface area contributed by atoms with Gasteiger partial charge in [0.1, 0.15) is 5.75 Å². The van der Waals surface area contributed by atoms with Gasteiger partial charge in [-0.1, -0.05) is 19.1 Å². The Morgan fingerprint density at radius 3 is 2.69 bits per heavy atom. The van der Waals surface area contributed by atoms with Gasteiger partial charge >= 0.3 is 5.97 Å². The van der Waals surface area contributed by atoms with E-state index < -0.39 is 11.9 Å². The number of benzene rings is 1.